The molecule has 2 rings (SSSR count). The molecular formula is C14H19N3O6S. The van der Waals surface area contributed by atoms with Crippen molar-refractivity contribution in [3.8, 4) is 5.75 Å². The number of benzene rings is 1. The number of rotatable bonds is 4. The van der Waals surface area contributed by atoms with Gasteiger partial charge in [0.05, 0.1) is 12.0 Å². The van der Waals surface area contributed by atoms with Crippen molar-refractivity contribution in [2.24, 2.45) is 0 Å². The topological polar surface area (TPSA) is 110 Å². The summed E-state index contributed by atoms with van der Waals surface area (Å²) in [4.78, 5) is 23.1. The summed E-state index contributed by atoms with van der Waals surface area (Å²) in [7, 11) is -2.66. The van der Waals surface area contributed by atoms with Crippen molar-refractivity contribution in [2.75, 3.05) is 33.3 Å². The number of hydrogen-bond acceptors (Lipinski definition) is 6. The monoisotopic (exact) mass is 357 g/mol. The average Bonchev–Trinajstić information content (AvgIpc) is 2.80. The third-order valence-corrected chi connectivity index (χ3v) is 5.80. The van der Waals surface area contributed by atoms with Crippen molar-refractivity contribution in [1.82, 2.24) is 9.21 Å². The van der Waals surface area contributed by atoms with Crippen LogP contribution in [0, 0.1) is 10.1 Å². The highest BCUT2D eigenvalue weighted by Crippen LogP contribution is 2.31. The Bertz CT molecular complexity index is 749. The SMILES string of the molecule is COc1ccc([N+](=O)[O-])cc1S(=O)(=O)N1CCCN(C(C)=O)CC1. The first kappa shape index (κ1) is 18.1. The Balaban J connectivity index is 2.37. The number of nitro groups is 1. The second-order valence-electron chi connectivity index (χ2n) is 5.36. The van der Waals surface area contributed by atoms with Gasteiger partial charge in [-0.2, -0.15) is 4.31 Å². The maximum absolute atomic E-state index is 12.9. The Kier molecular flexibility index (Phi) is 5.40. The van der Waals surface area contributed by atoms with E-state index in [1.807, 2.05) is 0 Å². The maximum atomic E-state index is 12.9. The fourth-order valence-electron chi connectivity index (χ4n) is 2.57. The van der Waals surface area contributed by atoms with Gasteiger partial charge in [-0.05, 0) is 12.5 Å². The van der Waals surface area contributed by atoms with Crippen molar-refractivity contribution in [3.63, 3.8) is 0 Å². The van der Waals surface area contributed by atoms with Gasteiger partial charge in [0, 0.05) is 45.2 Å². The molecule has 10 heteroatoms. The third-order valence-electron chi connectivity index (χ3n) is 3.88. The van der Waals surface area contributed by atoms with E-state index in [1.54, 1.807) is 4.90 Å². The van der Waals surface area contributed by atoms with Crippen molar-refractivity contribution in [1.29, 1.82) is 0 Å². The van der Waals surface area contributed by atoms with E-state index in [9.17, 15) is 23.3 Å². The molecule has 24 heavy (non-hydrogen) atoms. The first-order valence-electron chi connectivity index (χ1n) is 7.35. The molecule has 0 radical (unpaired) electrons. The van der Waals surface area contributed by atoms with Gasteiger partial charge in [-0.3, -0.25) is 14.9 Å². The molecule has 0 N–H and O–H groups in total. The molecule has 1 saturated heterocycles. The summed E-state index contributed by atoms with van der Waals surface area (Å²) in [6, 6.07) is 3.46. The molecule has 1 aliphatic heterocycles. The van der Waals surface area contributed by atoms with Crippen LogP contribution in [0.4, 0.5) is 5.69 Å². The second-order valence-corrected chi connectivity index (χ2v) is 7.26. The minimum absolute atomic E-state index is 0.0493. The van der Waals surface area contributed by atoms with E-state index in [0.29, 0.717) is 13.0 Å². The molecule has 9 nitrogen and oxygen atoms in total. The molecule has 1 aliphatic rings. The van der Waals surface area contributed by atoms with Gasteiger partial charge in [-0.1, -0.05) is 0 Å². The summed E-state index contributed by atoms with van der Waals surface area (Å²) in [6.07, 6.45) is 0.496. The van der Waals surface area contributed by atoms with Crippen molar-refractivity contribution < 1.29 is 22.9 Å². The number of sulfonamides is 1. The molecule has 1 aromatic carbocycles. The van der Waals surface area contributed by atoms with Crippen LogP contribution in [0.5, 0.6) is 5.75 Å². The number of nitrogens with zero attached hydrogens (tertiary/aromatic N) is 3. The molecule has 132 valence electrons. The van der Waals surface area contributed by atoms with Crippen LogP contribution in [-0.2, 0) is 14.8 Å². The van der Waals surface area contributed by atoms with E-state index in [2.05, 4.69) is 0 Å². The first-order chi connectivity index (χ1) is 11.3. The molecular weight excluding hydrogens is 338 g/mol. The lowest BCUT2D eigenvalue weighted by molar-refractivity contribution is -0.385. The Morgan fingerprint density at radius 1 is 1.25 bits per heavy atom. The summed E-state index contributed by atoms with van der Waals surface area (Å²) in [5.74, 6) is -0.0598. The summed E-state index contributed by atoms with van der Waals surface area (Å²) < 4.78 is 32.1. The molecule has 1 amide bonds. The van der Waals surface area contributed by atoms with Gasteiger partial charge < -0.3 is 9.64 Å². The number of ether oxygens (including phenoxy) is 1. The van der Waals surface area contributed by atoms with Crippen molar-refractivity contribution in [2.45, 2.75) is 18.2 Å². The van der Waals surface area contributed by atoms with Gasteiger partial charge in [0.15, 0.2) is 0 Å². The number of amides is 1. The summed E-state index contributed by atoms with van der Waals surface area (Å²) >= 11 is 0. The molecule has 0 spiro atoms. The molecule has 0 unspecified atom stereocenters. The van der Waals surface area contributed by atoms with Crippen molar-refractivity contribution in [3.05, 3.63) is 28.3 Å². The van der Waals surface area contributed by atoms with E-state index >= 15 is 0 Å². The van der Waals surface area contributed by atoms with Crippen LogP contribution < -0.4 is 4.74 Å². The van der Waals surface area contributed by atoms with Gasteiger partial charge in [-0.15, -0.1) is 0 Å². The van der Waals surface area contributed by atoms with Gasteiger partial charge in [0.1, 0.15) is 10.6 Å². The number of hydrogen-bond donors (Lipinski definition) is 0. The molecule has 0 aliphatic carbocycles. The van der Waals surface area contributed by atoms with E-state index < -0.39 is 14.9 Å². The highest BCUT2D eigenvalue weighted by molar-refractivity contribution is 7.89. The van der Waals surface area contributed by atoms with Crippen LogP contribution in [0.2, 0.25) is 0 Å². The molecule has 1 heterocycles. The second kappa shape index (κ2) is 7.14. The highest BCUT2D eigenvalue weighted by Gasteiger charge is 2.31. The predicted molar refractivity (Wildman–Crippen MR) is 85.3 cm³/mol. The van der Waals surface area contributed by atoms with Crippen LogP contribution in [0.3, 0.4) is 0 Å². The van der Waals surface area contributed by atoms with Crippen LogP contribution in [0.25, 0.3) is 0 Å². The lowest BCUT2D eigenvalue weighted by atomic mass is 10.3. The van der Waals surface area contributed by atoms with Crippen molar-refractivity contribution >= 4 is 21.6 Å². The average molecular weight is 357 g/mol. The standard InChI is InChI=1S/C14H19N3O6S/c1-11(18)15-6-3-7-16(9-8-15)24(21,22)14-10-12(17(19)20)4-5-13(14)23-2/h4-5,10H,3,6-9H2,1-2H3. The number of nitro benzene ring substituents is 1. The predicted octanol–water partition coefficient (Wildman–Crippen LogP) is 0.846. The first-order valence-corrected chi connectivity index (χ1v) is 8.79. The van der Waals surface area contributed by atoms with Gasteiger partial charge in [0.2, 0.25) is 15.9 Å². The minimum atomic E-state index is -3.97. The lowest BCUT2D eigenvalue weighted by Gasteiger charge is -2.22. The zero-order chi connectivity index (χ0) is 17.9. The smallest absolute Gasteiger partial charge is 0.271 e. The zero-order valence-corrected chi connectivity index (χ0v) is 14.3. The fraction of sp³-hybridized carbons (Fsp3) is 0.500. The molecule has 0 aromatic heterocycles. The third kappa shape index (κ3) is 3.65. The van der Waals surface area contributed by atoms with E-state index in [0.717, 1.165) is 6.07 Å². The summed E-state index contributed by atoms with van der Waals surface area (Å²) in [5.41, 5.74) is -0.324. The highest BCUT2D eigenvalue weighted by atomic mass is 32.2. The quantitative estimate of drug-likeness (QED) is 0.583. The Labute approximate surface area is 140 Å². The van der Waals surface area contributed by atoms with E-state index in [-0.39, 0.29) is 41.9 Å². The lowest BCUT2D eigenvalue weighted by Crippen LogP contribution is -2.36. The normalized spacial score (nSPS) is 16.5. The Morgan fingerprint density at radius 3 is 2.54 bits per heavy atom. The van der Waals surface area contributed by atoms with Gasteiger partial charge in [-0.25, -0.2) is 8.42 Å². The van der Waals surface area contributed by atoms with Crippen LogP contribution in [-0.4, -0.2) is 61.7 Å². The number of methoxy groups -OCH3 is 1. The Morgan fingerprint density at radius 2 is 1.96 bits per heavy atom. The zero-order valence-electron chi connectivity index (χ0n) is 13.5. The Hall–Kier alpha value is -2.20. The molecule has 0 saturated carbocycles. The largest absolute Gasteiger partial charge is 0.495 e. The van der Waals surface area contributed by atoms with Crippen LogP contribution >= 0.6 is 0 Å². The fourth-order valence-corrected chi connectivity index (χ4v) is 4.21. The molecule has 0 atom stereocenters. The number of non-ortho nitro benzene ring substituents is 1. The van der Waals surface area contributed by atoms with E-state index in [4.69, 9.17) is 4.74 Å². The molecule has 1 aromatic rings. The maximum Gasteiger partial charge on any atom is 0.271 e. The van der Waals surface area contributed by atoms with Crippen LogP contribution in [0.1, 0.15) is 13.3 Å². The summed E-state index contributed by atoms with van der Waals surface area (Å²) in [6.45, 7) is 2.57. The molecule has 1 fully saturated rings. The summed E-state index contributed by atoms with van der Waals surface area (Å²) in [5, 5.41) is 10.9. The van der Waals surface area contributed by atoms with E-state index in [1.165, 1.54) is 30.5 Å². The molecule has 0 bridgehead atoms. The minimum Gasteiger partial charge on any atom is -0.495 e. The number of carbonyl (C=O) groups excluding carboxylic acids is 1. The van der Waals surface area contributed by atoms with Gasteiger partial charge >= 0.3 is 0 Å². The van der Waals surface area contributed by atoms with Gasteiger partial charge in [0.25, 0.3) is 5.69 Å². The van der Waals surface area contributed by atoms with Crippen LogP contribution in [0.15, 0.2) is 23.1 Å². The number of carbonyl (C=O) groups is 1.